The third-order valence-corrected chi connectivity index (χ3v) is 7.34. The van der Waals surface area contributed by atoms with Crippen molar-refractivity contribution in [1.29, 1.82) is 0 Å². The summed E-state index contributed by atoms with van der Waals surface area (Å²) in [6.07, 6.45) is 4.94. The number of anilines is 1. The average Bonchev–Trinajstić information content (AvgIpc) is 3.40. The van der Waals surface area contributed by atoms with Gasteiger partial charge in [-0.2, -0.15) is 0 Å². The van der Waals surface area contributed by atoms with Gasteiger partial charge in [0.1, 0.15) is 29.2 Å². The Morgan fingerprint density at radius 1 is 1.00 bits per heavy atom. The molecule has 1 fully saturated rings. The number of aromatic nitrogens is 3. The molecule has 0 bridgehead atoms. The van der Waals surface area contributed by atoms with Crippen molar-refractivity contribution in [2.45, 2.75) is 57.2 Å². The molecule has 0 radical (unpaired) electrons. The highest BCUT2D eigenvalue weighted by atomic mass is 19.1. The molecule has 202 valence electrons. The molecule has 0 unspecified atom stereocenters. The standard InChI is InChI=1S/C30H32FN5O3/c1-20(36-27-15-9-7-13-25(27)33-34-36)30(38)35(26-14-8-6-12-24(26)31)28(21-16-18-23(39-2)19-17-21)29(37)32-22-10-4-3-5-11-22/h6-9,12-20,22,28H,3-5,10-11H2,1-2H3,(H,32,37)/t20-,28+/m0/s1. The fourth-order valence-electron chi connectivity index (χ4n) is 5.24. The summed E-state index contributed by atoms with van der Waals surface area (Å²) in [6.45, 7) is 1.68. The average molecular weight is 530 g/mol. The lowest BCUT2D eigenvalue weighted by atomic mass is 9.94. The predicted octanol–water partition coefficient (Wildman–Crippen LogP) is 5.36. The Bertz CT molecular complexity index is 1450. The molecule has 0 aliphatic heterocycles. The van der Waals surface area contributed by atoms with E-state index in [2.05, 4.69) is 15.6 Å². The fourth-order valence-corrected chi connectivity index (χ4v) is 5.24. The van der Waals surface area contributed by atoms with Crippen LogP contribution in [0.25, 0.3) is 11.0 Å². The Morgan fingerprint density at radius 2 is 1.69 bits per heavy atom. The van der Waals surface area contributed by atoms with Crippen LogP contribution in [0, 0.1) is 5.82 Å². The predicted molar refractivity (Wildman–Crippen MR) is 147 cm³/mol. The zero-order valence-corrected chi connectivity index (χ0v) is 22.1. The van der Waals surface area contributed by atoms with Crippen molar-refractivity contribution in [3.8, 4) is 5.75 Å². The summed E-state index contributed by atoms with van der Waals surface area (Å²) in [6, 6.07) is 18.3. The molecule has 3 aromatic carbocycles. The second kappa shape index (κ2) is 11.6. The molecule has 1 N–H and O–H groups in total. The summed E-state index contributed by atoms with van der Waals surface area (Å²) in [5.41, 5.74) is 1.85. The number of carbonyl (C=O) groups excluding carboxylic acids is 2. The molecule has 8 nitrogen and oxygen atoms in total. The SMILES string of the molecule is COc1ccc([C@H](C(=O)NC2CCCCC2)N(C(=O)[C@H](C)n2nnc3ccccc32)c2ccccc2F)cc1. The van der Waals surface area contributed by atoms with Gasteiger partial charge in [-0.15, -0.1) is 5.10 Å². The van der Waals surface area contributed by atoms with Crippen LogP contribution in [0.1, 0.15) is 56.7 Å². The molecular weight excluding hydrogens is 497 g/mol. The summed E-state index contributed by atoms with van der Waals surface area (Å²) in [5.74, 6) is -0.850. The monoisotopic (exact) mass is 529 g/mol. The number of benzene rings is 3. The van der Waals surface area contributed by atoms with Gasteiger partial charge in [0.2, 0.25) is 5.91 Å². The van der Waals surface area contributed by atoms with E-state index in [1.807, 2.05) is 24.3 Å². The second-order valence-electron chi connectivity index (χ2n) is 9.88. The number of nitrogens with zero attached hydrogens (tertiary/aromatic N) is 4. The van der Waals surface area contributed by atoms with Crippen LogP contribution in [0.2, 0.25) is 0 Å². The molecule has 2 amide bonds. The Labute approximate surface area is 226 Å². The highest BCUT2D eigenvalue weighted by Crippen LogP contribution is 2.34. The number of hydrogen-bond acceptors (Lipinski definition) is 5. The highest BCUT2D eigenvalue weighted by Gasteiger charge is 2.38. The fraction of sp³-hybridized carbons (Fsp3) is 0.333. The molecule has 2 atom stereocenters. The van der Waals surface area contributed by atoms with E-state index in [9.17, 15) is 9.59 Å². The largest absolute Gasteiger partial charge is 0.497 e. The number of fused-ring (bicyclic) bond motifs is 1. The van der Waals surface area contributed by atoms with E-state index in [0.29, 0.717) is 22.3 Å². The van der Waals surface area contributed by atoms with Crippen LogP contribution in [-0.2, 0) is 9.59 Å². The van der Waals surface area contributed by atoms with Gasteiger partial charge < -0.3 is 10.1 Å². The van der Waals surface area contributed by atoms with E-state index in [0.717, 1.165) is 32.1 Å². The van der Waals surface area contributed by atoms with E-state index < -0.39 is 23.8 Å². The lowest BCUT2D eigenvalue weighted by molar-refractivity contribution is -0.128. The number of nitrogens with one attached hydrogen (secondary N) is 1. The van der Waals surface area contributed by atoms with Crippen molar-refractivity contribution < 1.29 is 18.7 Å². The number of rotatable bonds is 8. The maximum Gasteiger partial charge on any atom is 0.252 e. The molecule has 1 aliphatic rings. The second-order valence-corrected chi connectivity index (χ2v) is 9.88. The third-order valence-electron chi connectivity index (χ3n) is 7.34. The number of halogens is 1. The first kappa shape index (κ1) is 26.3. The number of carbonyl (C=O) groups is 2. The topological polar surface area (TPSA) is 89.4 Å². The van der Waals surface area contributed by atoms with Crippen LogP contribution < -0.4 is 15.0 Å². The lowest BCUT2D eigenvalue weighted by Crippen LogP contribution is -2.49. The van der Waals surface area contributed by atoms with Gasteiger partial charge in [-0.05, 0) is 61.7 Å². The van der Waals surface area contributed by atoms with Crippen LogP contribution in [0.4, 0.5) is 10.1 Å². The molecule has 0 saturated heterocycles. The number of methoxy groups -OCH3 is 1. The van der Waals surface area contributed by atoms with Crippen LogP contribution in [0.5, 0.6) is 5.75 Å². The van der Waals surface area contributed by atoms with Gasteiger partial charge in [-0.1, -0.05) is 60.9 Å². The van der Waals surface area contributed by atoms with Crippen molar-refractivity contribution in [3.05, 3.63) is 84.2 Å². The normalized spacial score (nSPS) is 15.5. The van der Waals surface area contributed by atoms with Crippen molar-refractivity contribution in [2.24, 2.45) is 0 Å². The molecule has 0 spiro atoms. The summed E-state index contributed by atoms with van der Waals surface area (Å²) in [4.78, 5) is 29.6. The van der Waals surface area contributed by atoms with E-state index in [1.165, 1.54) is 21.7 Å². The lowest BCUT2D eigenvalue weighted by Gasteiger charge is -2.35. The van der Waals surface area contributed by atoms with Crippen LogP contribution in [0.3, 0.4) is 0 Å². The molecule has 5 rings (SSSR count). The molecule has 9 heteroatoms. The quantitative estimate of drug-likeness (QED) is 0.332. The maximum absolute atomic E-state index is 15.4. The zero-order valence-electron chi connectivity index (χ0n) is 22.1. The minimum Gasteiger partial charge on any atom is -0.497 e. The number of para-hydroxylation sites is 2. The number of amides is 2. The molecule has 1 aromatic heterocycles. The first-order valence-corrected chi connectivity index (χ1v) is 13.3. The Kier molecular flexibility index (Phi) is 7.86. The van der Waals surface area contributed by atoms with Crippen molar-refractivity contribution >= 4 is 28.5 Å². The van der Waals surface area contributed by atoms with E-state index >= 15 is 4.39 Å². The van der Waals surface area contributed by atoms with Gasteiger partial charge in [0.15, 0.2) is 0 Å². The van der Waals surface area contributed by atoms with Gasteiger partial charge in [-0.3, -0.25) is 14.5 Å². The van der Waals surface area contributed by atoms with Crippen LogP contribution in [-0.4, -0.2) is 40.0 Å². The third kappa shape index (κ3) is 5.48. The zero-order chi connectivity index (χ0) is 27.4. The molecule has 1 heterocycles. The molecule has 1 aliphatic carbocycles. The van der Waals surface area contributed by atoms with Gasteiger partial charge >= 0.3 is 0 Å². The first-order chi connectivity index (χ1) is 19.0. The van der Waals surface area contributed by atoms with Crippen molar-refractivity contribution in [2.75, 3.05) is 12.0 Å². The number of ether oxygens (including phenoxy) is 1. The minimum absolute atomic E-state index is 0.00116. The summed E-state index contributed by atoms with van der Waals surface area (Å²) >= 11 is 0. The van der Waals surface area contributed by atoms with Crippen molar-refractivity contribution in [1.82, 2.24) is 20.3 Å². The van der Waals surface area contributed by atoms with Crippen LogP contribution in [0.15, 0.2) is 72.8 Å². The summed E-state index contributed by atoms with van der Waals surface area (Å²) < 4.78 is 22.2. The maximum atomic E-state index is 15.4. The minimum atomic E-state index is -1.13. The molecule has 4 aromatic rings. The van der Waals surface area contributed by atoms with Gasteiger partial charge in [0.05, 0.1) is 18.3 Å². The van der Waals surface area contributed by atoms with E-state index in [-0.39, 0.29) is 17.6 Å². The van der Waals surface area contributed by atoms with E-state index in [4.69, 9.17) is 4.74 Å². The number of hydrogen-bond donors (Lipinski definition) is 1. The Balaban J connectivity index is 1.61. The smallest absolute Gasteiger partial charge is 0.252 e. The Morgan fingerprint density at radius 3 is 2.41 bits per heavy atom. The first-order valence-electron chi connectivity index (χ1n) is 13.3. The van der Waals surface area contributed by atoms with Crippen LogP contribution >= 0.6 is 0 Å². The van der Waals surface area contributed by atoms with E-state index in [1.54, 1.807) is 50.4 Å². The van der Waals surface area contributed by atoms with Gasteiger partial charge in [0.25, 0.3) is 5.91 Å². The van der Waals surface area contributed by atoms with Crippen molar-refractivity contribution in [3.63, 3.8) is 0 Å². The summed E-state index contributed by atoms with van der Waals surface area (Å²) in [7, 11) is 1.56. The molecule has 1 saturated carbocycles. The molecule has 39 heavy (non-hydrogen) atoms. The summed E-state index contributed by atoms with van der Waals surface area (Å²) in [5, 5.41) is 11.6. The molecular formula is C30H32FN5O3. The van der Waals surface area contributed by atoms with Gasteiger partial charge in [0, 0.05) is 6.04 Å². The Hall–Kier alpha value is -4.27. The highest BCUT2D eigenvalue weighted by molar-refractivity contribution is 6.03. The van der Waals surface area contributed by atoms with Gasteiger partial charge in [-0.25, -0.2) is 9.07 Å².